The number of hydrogen-bond acceptors (Lipinski definition) is 5. The van der Waals surface area contributed by atoms with E-state index in [1.54, 1.807) is 0 Å². The quantitative estimate of drug-likeness (QED) is 0.791. The van der Waals surface area contributed by atoms with Crippen molar-refractivity contribution >= 4 is 33.5 Å². The molecule has 1 aromatic carbocycles. The maximum absolute atomic E-state index is 12.4. The number of carbonyl (C=O) groups is 2. The number of ether oxygens (including phenoxy) is 1. The van der Waals surface area contributed by atoms with Crippen molar-refractivity contribution in [2.45, 2.75) is 10.9 Å². The summed E-state index contributed by atoms with van der Waals surface area (Å²) >= 11 is 5.74. The van der Waals surface area contributed by atoms with Crippen LogP contribution in [0.2, 0.25) is 5.02 Å². The van der Waals surface area contributed by atoms with Gasteiger partial charge in [0, 0.05) is 18.6 Å². The molecule has 1 aliphatic rings. The first-order chi connectivity index (χ1) is 11.2. The van der Waals surface area contributed by atoms with Gasteiger partial charge in [-0.3, -0.25) is 4.79 Å². The lowest BCUT2D eigenvalue weighted by atomic mass is 10.2. The summed E-state index contributed by atoms with van der Waals surface area (Å²) in [5, 5.41) is 9.53. The Bertz CT molecular complexity index is 721. The van der Waals surface area contributed by atoms with E-state index in [9.17, 15) is 18.0 Å². The molecule has 0 saturated carbocycles. The lowest BCUT2D eigenvalue weighted by Gasteiger charge is -2.33. The van der Waals surface area contributed by atoms with Gasteiger partial charge in [-0.05, 0) is 24.3 Å². The Labute approximate surface area is 144 Å². The van der Waals surface area contributed by atoms with E-state index < -0.39 is 34.5 Å². The third-order valence-electron chi connectivity index (χ3n) is 3.61. The fraction of sp³-hybridized carbons (Fsp3) is 0.429. The summed E-state index contributed by atoms with van der Waals surface area (Å²) in [4.78, 5) is 24.6. The predicted octanol–water partition coefficient (Wildman–Crippen LogP) is 0.273. The molecule has 1 amide bonds. The zero-order valence-corrected chi connectivity index (χ0v) is 14.5. The molecule has 1 heterocycles. The fourth-order valence-corrected chi connectivity index (χ4v) is 3.51. The zero-order valence-electron chi connectivity index (χ0n) is 12.9. The minimum absolute atomic E-state index is 0.000961. The summed E-state index contributed by atoms with van der Waals surface area (Å²) in [5.74, 6) is -1.78. The van der Waals surface area contributed by atoms with Crippen molar-refractivity contribution < 1.29 is 27.9 Å². The number of halogens is 1. The Morgan fingerprint density at radius 2 is 2.00 bits per heavy atom. The molecular weight excluding hydrogens is 360 g/mol. The van der Waals surface area contributed by atoms with Gasteiger partial charge in [-0.25, -0.2) is 13.2 Å². The summed E-state index contributed by atoms with van der Waals surface area (Å²) in [6, 6.07) is 4.44. The molecule has 132 valence electrons. The smallest absolute Gasteiger partial charge is 0.328 e. The summed E-state index contributed by atoms with van der Waals surface area (Å²) in [7, 11) is -2.62. The molecule has 0 spiro atoms. The molecule has 0 aromatic heterocycles. The molecule has 0 aliphatic carbocycles. The number of sulfonamides is 1. The minimum Gasteiger partial charge on any atom is -0.480 e. The normalized spacial score (nSPS) is 18.6. The van der Waals surface area contributed by atoms with Crippen LogP contribution in [0.3, 0.4) is 0 Å². The highest BCUT2D eigenvalue weighted by Gasteiger charge is 2.34. The molecule has 1 fully saturated rings. The van der Waals surface area contributed by atoms with Gasteiger partial charge >= 0.3 is 5.97 Å². The van der Waals surface area contributed by atoms with E-state index in [-0.39, 0.29) is 24.7 Å². The second-order valence-corrected chi connectivity index (χ2v) is 7.71. The average Bonchev–Trinajstić information content (AvgIpc) is 2.55. The summed E-state index contributed by atoms with van der Waals surface area (Å²) in [6.45, 7) is -0.267. The second-order valence-electron chi connectivity index (χ2n) is 5.23. The Hall–Kier alpha value is -1.68. The third kappa shape index (κ3) is 4.04. The third-order valence-corrected chi connectivity index (χ3v) is 5.68. The molecule has 10 heteroatoms. The standard InChI is InChI=1S/C14H17ClN2O6S/c1-16(24(21,22)11-4-2-10(15)3-5-11)8-13(18)17-6-7-23-9-12(17)14(19)20/h2-5,12H,6-9H2,1H3,(H,19,20). The van der Waals surface area contributed by atoms with Crippen LogP contribution in [0.4, 0.5) is 0 Å². The van der Waals surface area contributed by atoms with Crippen LogP contribution in [0, 0.1) is 0 Å². The Kier molecular flexibility index (Phi) is 5.81. The number of carboxylic acids is 1. The van der Waals surface area contributed by atoms with Crippen LogP contribution in [-0.4, -0.2) is 74.0 Å². The van der Waals surface area contributed by atoms with Crippen LogP contribution in [0.15, 0.2) is 29.2 Å². The largest absolute Gasteiger partial charge is 0.480 e. The first kappa shape index (κ1) is 18.7. The van der Waals surface area contributed by atoms with Crippen molar-refractivity contribution in [2.75, 3.05) is 33.4 Å². The van der Waals surface area contributed by atoms with Gasteiger partial charge < -0.3 is 14.7 Å². The van der Waals surface area contributed by atoms with E-state index >= 15 is 0 Å². The highest BCUT2D eigenvalue weighted by atomic mass is 35.5. The van der Waals surface area contributed by atoms with Crippen molar-refractivity contribution in [1.82, 2.24) is 9.21 Å². The molecule has 0 radical (unpaired) electrons. The van der Waals surface area contributed by atoms with Gasteiger partial charge in [0.25, 0.3) is 0 Å². The van der Waals surface area contributed by atoms with Gasteiger partial charge in [-0.15, -0.1) is 0 Å². The van der Waals surface area contributed by atoms with Gasteiger partial charge in [-0.2, -0.15) is 4.31 Å². The molecule has 1 aliphatic heterocycles. The lowest BCUT2D eigenvalue weighted by molar-refractivity contribution is -0.158. The van der Waals surface area contributed by atoms with Crippen LogP contribution in [0.5, 0.6) is 0 Å². The molecular formula is C14H17ClN2O6S. The van der Waals surface area contributed by atoms with Crippen LogP contribution in [0.25, 0.3) is 0 Å². The maximum atomic E-state index is 12.4. The summed E-state index contributed by atoms with van der Waals surface area (Å²) < 4.78 is 30.8. The number of carboxylic acid groups (broad SMARTS) is 1. The van der Waals surface area contributed by atoms with Crippen LogP contribution in [0.1, 0.15) is 0 Å². The van der Waals surface area contributed by atoms with Gasteiger partial charge in [-0.1, -0.05) is 11.6 Å². The molecule has 1 aromatic rings. The van der Waals surface area contributed by atoms with E-state index in [4.69, 9.17) is 21.4 Å². The first-order valence-electron chi connectivity index (χ1n) is 7.05. The molecule has 1 N–H and O–H groups in total. The predicted molar refractivity (Wildman–Crippen MR) is 85.2 cm³/mol. The average molecular weight is 377 g/mol. The topological polar surface area (TPSA) is 104 Å². The SMILES string of the molecule is CN(CC(=O)N1CCOCC1C(=O)O)S(=O)(=O)c1ccc(Cl)cc1. The molecule has 1 saturated heterocycles. The molecule has 8 nitrogen and oxygen atoms in total. The number of rotatable bonds is 5. The maximum Gasteiger partial charge on any atom is 0.328 e. The number of likely N-dealkylation sites (N-methyl/N-ethyl adjacent to an activating group) is 1. The van der Waals surface area contributed by atoms with Gasteiger partial charge in [0.2, 0.25) is 15.9 Å². The van der Waals surface area contributed by atoms with Gasteiger partial charge in [0.15, 0.2) is 6.04 Å². The van der Waals surface area contributed by atoms with E-state index in [0.717, 1.165) is 9.21 Å². The van der Waals surface area contributed by atoms with Crippen molar-refractivity contribution in [3.63, 3.8) is 0 Å². The number of benzene rings is 1. The number of nitrogens with zero attached hydrogens (tertiary/aromatic N) is 2. The fourth-order valence-electron chi connectivity index (χ4n) is 2.26. The highest BCUT2D eigenvalue weighted by molar-refractivity contribution is 7.89. The summed E-state index contributed by atoms with van der Waals surface area (Å²) in [6.07, 6.45) is 0. The minimum atomic E-state index is -3.88. The monoisotopic (exact) mass is 376 g/mol. The lowest BCUT2D eigenvalue weighted by Crippen LogP contribution is -2.55. The first-order valence-corrected chi connectivity index (χ1v) is 8.87. The zero-order chi connectivity index (χ0) is 17.9. The molecule has 1 unspecified atom stereocenters. The van der Waals surface area contributed by atoms with E-state index in [0.29, 0.717) is 5.02 Å². The van der Waals surface area contributed by atoms with E-state index in [1.165, 1.54) is 31.3 Å². The molecule has 2 rings (SSSR count). The number of carbonyl (C=O) groups excluding carboxylic acids is 1. The van der Waals surface area contributed by atoms with E-state index in [2.05, 4.69) is 0 Å². The molecule has 0 bridgehead atoms. The van der Waals surface area contributed by atoms with Gasteiger partial charge in [0.1, 0.15) is 0 Å². The number of morpholine rings is 1. The summed E-state index contributed by atoms with van der Waals surface area (Å²) in [5.41, 5.74) is 0. The molecule has 24 heavy (non-hydrogen) atoms. The van der Waals surface area contributed by atoms with Crippen molar-refractivity contribution in [3.8, 4) is 0 Å². The number of aliphatic carboxylic acids is 1. The number of hydrogen-bond donors (Lipinski definition) is 1. The van der Waals surface area contributed by atoms with Crippen LogP contribution in [-0.2, 0) is 24.3 Å². The number of amides is 1. The van der Waals surface area contributed by atoms with Crippen LogP contribution < -0.4 is 0 Å². The van der Waals surface area contributed by atoms with Crippen molar-refractivity contribution in [1.29, 1.82) is 0 Å². The Balaban J connectivity index is 2.12. The van der Waals surface area contributed by atoms with Crippen molar-refractivity contribution in [3.05, 3.63) is 29.3 Å². The molecule has 1 atom stereocenters. The Morgan fingerprint density at radius 1 is 1.38 bits per heavy atom. The van der Waals surface area contributed by atoms with Gasteiger partial charge in [0.05, 0.1) is 24.7 Å². The van der Waals surface area contributed by atoms with E-state index in [1.807, 2.05) is 0 Å². The van der Waals surface area contributed by atoms with Crippen LogP contribution >= 0.6 is 11.6 Å². The highest BCUT2D eigenvalue weighted by Crippen LogP contribution is 2.18. The Morgan fingerprint density at radius 3 is 2.58 bits per heavy atom. The second kappa shape index (κ2) is 7.47. The van der Waals surface area contributed by atoms with Crippen molar-refractivity contribution in [2.24, 2.45) is 0 Å².